The molecule has 1 saturated heterocycles. The number of anilines is 1. The van der Waals surface area contributed by atoms with E-state index in [2.05, 4.69) is 15.2 Å². The molecule has 1 atom stereocenters. The van der Waals surface area contributed by atoms with Gasteiger partial charge >= 0.3 is 0 Å². The summed E-state index contributed by atoms with van der Waals surface area (Å²) in [5, 5.41) is 2.90. The second-order valence-electron chi connectivity index (χ2n) is 5.29. The van der Waals surface area contributed by atoms with Gasteiger partial charge in [0, 0.05) is 39.5 Å². The SMILES string of the molecule is COC(CN)CC(=O)NCc1ccnc(N2CCCC2)c1.Cl.Cl. The zero-order valence-electron chi connectivity index (χ0n) is 13.4. The molecule has 23 heavy (non-hydrogen) atoms. The predicted octanol–water partition coefficient (Wildman–Crippen LogP) is 1.51. The van der Waals surface area contributed by atoms with Crippen molar-refractivity contribution in [2.24, 2.45) is 5.73 Å². The van der Waals surface area contributed by atoms with Crippen LogP contribution in [0.3, 0.4) is 0 Å². The summed E-state index contributed by atoms with van der Waals surface area (Å²) in [7, 11) is 1.57. The molecule has 1 fully saturated rings. The molecular formula is C15H26Cl2N4O2. The number of carbonyl (C=O) groups is 1. The molecule has 0 saturated carbocycles. The van der Waals surface area contributed by atoms with E-state index in [1.54, 1.807) is 13.3 Å². The molecule has 0 spiro atoms. The highest BCUT2D eigenvalue weighted by molar-refractivity contribution is 5.85. The molecule has 0 aromatic carbocycles. The van der Waals surface area contributed by atoms with Gasteiger partial charge in [-0.1, -0.05) is 0 Å². The summed E-state index contributed by atoms with van der Waals surface area (Å²) in [5.41, 5.74) is 6.57. The third-order valence-corrected chi connectivity index (χ3v) is 3.74. The lowest BCUT2D eigenvalue weighted by Gasteiger charge is -2.17. The number of ether oxygens (including phenoxy) is 1. The van der Waals surface area contributed by atoms with Gasteiger partial charge in [-0.2, -0.15) is 0 Å². The van der Waals surface area contributed by atoms with Crippen molar-refractivity contribution in [1.29, 1.82) is 0 Å². The number of hydrogen-bond donors (Lipinski definition) is 2. The molecule has 0 bridgehead atoms. The lowest BCUT2D eigenvalue weighted by molar-refractivity contribution is -0.123. The number of pyridine rings is 1. The number of halogens is 2. The zero-order chi connectivity index (χ0) is 15.1. The maximum absolute atomic E-state index is 11.8. The summed E-state index contributed by atoms with van der Waals surface area (Å²) in [4.78, 5) is 18.5. The largest absolute Gasteiger partial charge is 0.380 e. The van der Waals surface area contributed by atoms with Crippen molar-refractivity contribution in [3.05, 3.63) is 23.9 Å². The molecule has 2 heterocycles. The normalized spacial score (nSPS) is 14.6. The highest BCUT2D eigenvalue weighted by Gasteiger charge is 2.14. The number of amides is 1. The van der Waals surface area contributed by atoms with Crippen LogP contribution in [-0.4, -0.2) is 43.7 Å². The molecule has 1 unspecified atom stereocenters. The van der Waals surface area contributed by atoms with Crippen molar-refractivity contribution in [2.45, 2.75) is 31.9 Å². The van der Waals surface area contributed by atoms with Crippen LogP contribution < -0.4 is 16.0 Å². The first-order valence-electron chi connectivity index (χ1n) is 7.42. The second-order valence-corrected chi connectivity index (χ2v) is 5.29. The van der Waals surface area contributed by atoms with Gasteiger partial charge in [0.25, 0.3) is 0 Å². The first-order chi connectivity index (χ1) is 10.2. The summed E-state index contributed by atoms with van der Waals surface area (Å²) in [6.07, 6.45) is 4.31. The Balaban J connectivity index is 0.00000242. The summed E-state index contributed by atoms with van der Waals surface area (Å²) in [6.45, 7) is 2.98. The number of aromatic nitrogens is 1. The van der Waals surface area contributed by atoms with E-state index >= 15 is 0 Å². The first-order valence-corrected chi connectivity index (χ1v) is 7.42. The Morgan fingerprint density at radius 1 is 1.43 bits per heavy atom. The van der Waals surface area contributed by atoms with Crippen molar-refractivity contribution in [1.82, 2.24) is 10.3 Å². The number of nitrogens with zero attached hydrogens (tertiary/aromatic N) is 2. The fourth-order valence-electron chi connectivity index (χ4n) is 2.43. The minimum atomic E-state index is -0.220. The Kier molecular flexibility index (Phi) is 10.9. The van der Waals surface area contributed by atoms with E-state index in [-0.39, 0.29) is 43.2 Å². The number of nitrogens with two attached hydrogens (primary N) is 1. The van der Waals surface area contributed by atoms with Crippen LogP contribution >= 0.6 is 24.8 Å². The molecule has 6 nitrogen and oxygen atoms in total. The third-order valence-electron chi connectivity index (χ3n) is 3.74. The van der Waals surface area contributed by atoms with Gasteiger partial charge in [-0.3, -0.25) is 4.79 Å². The Morgan fingerprint density at radius 2 is 2.13 bits per heavy atom. The van der Waals surface area contributed by atoms with Gasteiger partial charge in [-0.15, -0.1) is 24.8 Å². The Hall–Kier alpha value is -1.08. The van der Waals surface area contributed by atoms with Crippen molar-refractivity contribution in [3.63, 3.8) is 0 Å². The van der Waals surface area contributed by atoms with E-state index in [4.69, 9.17) is 10.5 Å². The van der Waals surface area contributed by atoms with Gasteiger partial charge in [0.1, 0.15) is 5.82 Å². The van der Waals surface area contributed by atoms with Crippen molar-refractivity contribution in [3.8, 4) is 0 Å². The van der Waals surface area contributed by atoms with Gasteiger partial charge in [0.05, 0.1) is 12.5 Å². The number of nitrogens with one attached hydrogen (secondary N) is 1. The van der Waals surface area contributed by atoms with Crippen LogP contribution in [-0.2, 0) is 16.1 Å². The van der Waals surface area contributed by atoms with Gasteiger partial charge in [0.15, 0.2) is 0 Å². The number of carbonyl (C=O) groups excluding carboxylic acids is 1. The summed E-state index contributed by atoms with van der Waals surface area (Å²) >= 11 is 0. The van der Waals surface area contributed by atoms with Crippen LogP contribution in [0.4, 0.5) is 5.82 Å². The number of hydrogen-bond acceptors (Lipinski definition) is 5. The Bertz CT molecular complexity index is 467. The topological polar surface area (TPSA) is 80.5 Å². The molecule has 1 aliphatic heterocycles. The van der Waals surface area contributed by atoms with E-state index in [0.29, 0.717) is 13.1 Å². The summed E-state index contributed by atoms with van der Waals surface area (Å²) in [6, 6.07) is 3.97. The van der Waals surface area contributed by atoms with Crippen LogP contribution in [0.5, 0.6) is 0 Å². The quantitative estimate of drug-likeness (QED) is 0.766. The minimum absolute atomic E-state index is 0. The van der Waals surface area contributed by atoms with Crippen molar-refractivity contribution < 1.29 is 9.53 Å². The lowest BCUT2D eigenvalue weighted by atomic mass is 10.2. The monoisotopic (exact) mass is 364 g/mol. The van der Waals surface area contributed by atoms with Gasteiger partial charge < -0.3 is 20.7 Å². The van der Waals surface area contributed by atoms with Crippen LogP contribution in [0.25, 0.3) is 0 Å². The smallest absolute Gasteiger partial charge is 0.222 e. The lowest BCUT2D eigenvalue weighted by Crippen LogP contribution is -2.32. The molecule has 1 aromatic rings. The number of rotatable bonds is 7. The fraction of sp³-hybridized carbons (Fsp3) is 0.600. The average molecular weight is 365 g/mol. The average Bonchev–Trinajstić information content (AvgIpc) is 3.05. The zero-order valence-corrected chi connectivity index (χ0v) is 15.0. The fourth-order valence-corrected chi connectivity index (χ4v) is 2.43. The molecule has 1 amide bonds. The van der Waals surface area contributed by atoms with Gasteiger partial charge in [0.2, 0.25) is 5.91 Å². The molecule has 2 rings (SSSR count). The maximum atomic E-state index is 11.8. The predicted molar refractivity (Wildman–Crippen MR) is 96.5 cm³/mol. The minimum Gasteiger partial charge on any atom is -0.380 e. The molecular weight excluding hydrogens is 339 g/mol. The van der Waals surface area contributed by atoms with E-state index in [9.17, 15) is 4.79 Å². The summed E-state index contributed by atoms with van der Waals surface area (Å²) in [5.74, 6) is 0.947. The van der Waals surface area contributed by atoms with E-state index < -0.39 is 0 Å². The third kappa shape index (κ3) is 6.91. The molecule has 0 aliphatic carbocycles. The van der Waals surface area contributed by atoms with Gasteiger partial charge in [-0.05, 0) is 30.5 Å². The van der Waals surface area contributed by atoms with E-state index in [0.717, 1.165) is 24.5 Å². The summed E-state index contributed by atoms with van der Waals surface area (Å²) < 4.78 is 5.11. The van der Waals surface area contributed by atoms with Crippen LogP contribution in [0.2, 0.25) is 0 Å². The highest BCUT2D eigenvalue weighted by Crippen LogP contribution is 2.18. The number of methoxy groups -OCH3 is 1. The van der Waals surface area contributed by atoms with Gasteiger partial charge in [-0.25, -0.2) is 4.98 Å². The van der Waals surface area contributed by atoms with Crippen LogP contribution in [0.15, 0.2) is 18.3 Å². The molecule has 1 aromatic heterocycles. The highest BCUT2D eigenvalue weighted by atomic mass is 35.5. The van der Waals surface area contributed by atoms with Crippen molar-refractivity contribution >= 4 is 36.5 Å². The Morgan fingerprint density at radius 3 is 2.74 bits per heavy atom. The van der Waals surface area contributed by atoms with E-state index in [1.165, 1.54) is 12.8 Å². The standard InChI is InChI=1S/C15H24N4O2.2ClH/c1-21-13(10-16)9-15(20)18-11-12-4-5-17-14(8-12)19-6-2-3-7-19;;/h4-5,8,13H,2-3,6-7,9-11,16H2,1H3,(H,18,20);2*1H. The second kappa shape index (κ2) is 11.5. The first kappa shape index (κ1) is 21.9. The van der Waals surface area contributed by atoms with Crippen LogP contribution in [0.1, 0.15) is 24.8 Å². The van der Waals surface area contributed by atoms with Crippen LogP contribution in [0, 0.1) is 0 Å². The van der Waals surface area contributed by atoms with E-state index in [1.807, 2.05) is 12.1 Å². The van der Waals surface area contributed by atoms with Crippen molar-refractivity contribution in [2.75, 3.05) is 31.6 Å². The maximum Gasteiger partial charge on any atom is 0.222 e. The Labute approximate surface area is 150 Å². The molecule has 3 N–H and O–H groups in total. The molecule has 132 valence electrons. The molecule has 1 aliphatic rings. The molecule has 8 heteroatoms. The molecule has 0 radical (unpaired) electrons.